The molecule has 1 heterocycles. The largest absolute Gasteiger partial charge is 0.379 e. The first-order valence-electron chi connectivity index (χ1n) is 6.51. The third-order valence-electron chi connectivity index (χ3n) is 2.43. The van der Waals surface area contributed by atoms with Crippen LogP contribution in [-0.2, 0) is 21.8 Å². The van der Waals surface area contributed by atoms with Gasteiger partial charge in [-0.1, -0.05) is 13.3 Å². The van der Waals surface area contributed by atoms with Gasteiger partial charge in [-0.15, -0.1) is 22.9 Å². The second kappa shape index (κ2) is 10.7. The zero-order valence-corrected chi connectivity index (χ0v) is 12.6. The van der Waals surface area contributed by atoms with Crippen molar-refractivity contribution in [3.8, 4) is 0 Å². The molecule has 0 fully saturated rings. The van der Waals surface area contributed by atoms with Gasteiger partial charge < -0.3 is 9.47 Å². The predicted octanol–water partition coefficient (Wildman–Crippen LogP) is 3.65. The number of thiazole rings is 1. The van der Waals surface area contributed by atoms with E-state index in [9.17, 15) is 0 Å². The number of hydrogen-bond donors (Lipinski definition) is 0. The molecule has 0 aliphatic carbocycles. The van der Waals surface area contributed by atoms with E-state index < -0.39 is 0 Å². The number of unbranched alkanes of at least 4 members (excludes halogenated alkanes) is 1. The number of aryl methyl sites for hydroxylation is 1. The Morgan fingerprint density at radius 3 is 2.50 bits per heavy atom. The molecule has 0 bridgehead atoms. The van der Waals surface area contributed by atoms with E-state index in [4.69, 9.17) is 21.1 Å². The molecule has 0 aliphatic heterocycles. The van der Waals surface area contributed by atoms with Crippen molar-refractivity contribution in [3.05, 3.63) is 16.1 Å². The molecule has 1 aromatic rings. The van der Waals surface area contributed by atoms with Crippen LogP contribution in [0.2, 0.25) is 0 Å². The van der Waals surface area contributed by atoms with Crippen molar-refractivity contribution in [1.29, 1.82) is 0 Å². The van der Waals surface area contributed by atoms with Crippen LogP contribution in [0.3, 0.4) is 0 Å². The SMILES string of the molecule is CCCCOCCOCCCc1nc(CCl)cs1. The Morgan fingerprint density at radius 2 is 1.89 bits per heavy atom. The minimum Gasteiger partial charge on any atom is -0.379 e. The van der Waals surface area contributed by atoms with Crippen molar-refractivity contribution < 1.29 is 9.47 Å². The lowest BCUT2D eigenvalue weighted by Crippen LogP contribution is -2.06. The van der Waals surface area contributed by atoms with Crippen LogP contribution in [0, 0.1) is 0 Å². The van der Waals surface area contributed by atoms with E-state index in [1.807, 2.05) is 5.38 Å². The minimum atomic E-state index is 0.502. The number of aromatic nitrogens is 1. The molecule has 5 heteroatoms. The number of nitrogens with zero attached hydrogens (tertiary/aromatic N) is 1. The molecule has 1 rings (SSSR count). The van der Waals surface area contributed by atoms with E-state index >= 15 is 0 Å². The summed E-state index contributed by atoms with van der Waals surface area (Å²) in [4.78, 5) is 4.40. The summed E-state index contributed by atoms with van der Waals surface area (Å²) in [6.07, 6.45) is 4.29. The van der Waals surface area contributed by atoms with E-state index in [0.29, 0.717) is 19.1 Å². The van der Waals surface area contributed by atoms with E-state index in [1.165, 1.54) is 6.42 Å². The molecule has 0 amide bonds. The standard InChI is InChI=1S/C13H22ClNO2S/c1-2-3-6-16-8-9-17-7-4-5-13-15-12(10-14)11-18-13/h11H,2-10H2,1H3. The molecular weight excluding hydrogens is 270 g/mol. The van der Waals surface area contributed by atoms with Crippen LogP contribution >= 0.6 is 22.9 Å². The summed E-state index contributed by atoms with van der Waals surface area (Å²) in [6.45, 7) is 5.17. The highest BCUT2D eigenvalue weighted by Crippen LogP contribution is 2.13. The molecule has 3 nitrogen and oxygen atoms in total. The van der Waals surface area contributed by atoms with Crippen LogP contribution in [0.1, 0.15) is 36.9 Å². The average Bonchev–Trinajstić information content (AvgIpc) is 2.85. The van der Waals surface area contributed by atoms with Gasteiger partial charge in [0.15, 0.2) is 0 Å². The summed E-state index contributed by atoms with van der Waals surface area (Å²) in [7, 11) is 0. The van der Waals surface area contributed by atoms with Gasteiger partial charge in [0, 0.05) is 25.0 Å². The zero-order chi connectivity index (χ0) is 13.1. The molecule has 0 aliphatic rings. The van der Waals surface area contributed by atoms with Crippen LogP contribution in [0.25, 0.3) is 0 Å². The number of halogens is 1. The lowest BCUT2D eigenvalue weighted by atomic mass is 10.3. The molecule has 0 aromatic carbocycles. The Labute approximate surface area is 118 Å². The van der Waals surface area contributed by atoms with Crippen molar-refractivity contribution >= 4 is 22.9 Å². The van der Waals surface area contributed by atoms with Crippen LogP contribution in [-0.4, -0.2) is 31.4 Å². The van der Waals surface area contributed by atoms with E-state index in [0.717, 1.165) is 43.2 Å². The number of alkyl halides is 1. The van der Waals surface area contributed by atoms with Gasteiger partial charge in [0.25, 0.3) is 0 Å². The summed E-state index contributed by atoms with van der Waals surface area (Å²) in [5.74, 6) is 0.502. The summed E-state index contributed by atoms with van der Waals surface area (Å²) in [5.41, 5.74) is 0.974. The van der Waals surface area contributed by atoms with Gasteiger partial charge in [-0.05, 0) is 12.8 Å². The fourth-order valence-corrected chi connectivity index (χ4v) is 2.49. The number of rotatable bonds is 11. The second-order valence-corrected chi connectivity index (χ2v) is 5.26. The van der Waals surface area contributed by atoms with Crippen LogP contribution in [0.15, 0.2) is 5.38 Å². The van der Waals surface area contributed by atoms with Gasteiger partial charge in [0.2, 0.25) is 0 Å². The summed E-state index contributed by atoms with van der Waals surface area (Å²) in [6, 6.07) is 0. The molecule has 1 aromatic heterocycles. The average molecular weight is 292 g/mol. The van der Waals surface area contributed by atoms with Crippen LogP contribution < -0.4 is 0 Å². The van der Waals surface area contributed by atoms with Gasteiger partial charge in [-0.2, -0.15) is 0 Å². The van der Waals surface area contributed by atoms with Crippen molar-refractivity contribution in [3.63, 3.8) is 0 Å². The molecule has 18 heavy (non-hydrogen) atoms. The Hall–Kier alpha value is -0.160. The first kappa shape index (κ1) is 15.9. The Kier molecular flexibility index (Phi) is 9.48. The monoisotopic (exact) mass is 291 g/mol. The van der Waals surface area contributed by atoms with E-state index in [1.54, 1.807) is 11.3 Å². The highest BCUT2D eigenvalue weighted by Gasteiger charge is 2.00. The smallest absolute Gasteiger partial charge is 0.0929 e. The normalized spacial score (nSPS) is 11.0. The zero-order valence-electron chi connectivity index (χ0n) is 11.0. The lowest BCUT2D eigenvalue weighted by Gasteiger charge is -2.04. The number of hydrogen-bond acceptors (Lipinski definition) is 4. The molecule has 0 spiro atoms. The molecule has 0 unspecified atom stereocenters. The molecule has 0 atom stereocenters. The Morgan fingerprint density at radius 1 is 1.17 bits per heavy atom. The number of ether oxygens (including phenoxy) is 2. The minimum absolute atomic E-state index is 0.502. The molecule has 0 saturated carbocycles. The summed E-state index contributed by atoms with van der Waals surface area (Å²) >= 11 is 7.38. The predicted molar refractivity (Wildman–Crippen MR) is 76.5 cm³/mol. The van der Waals surface area contributed by atoms with Gasteiger partial charge in [-0.3, -0.25) is 0 Å². The quantitative estimate of drug-likeness (QED) is 0.461. The van der Waals surface area contributed by atoms with Crippen LogP contribution in [0.4, 0.5) is 0 Å². The Balaban J connectivity index is 1.89. The first-order chi connectivity index (χ1) is 8.86. The maximum Gasteiger partial charge on any atom is 0.0929 e. The highest BCUT2D eigenvalue weighted by molar-refractivity contribution is 7.09. The maximum absolute atomic E-state index is 5.70. The van der Waals surface area contributed by atoms with Gasteiger partial charge >= 0.3 is 0 Å². The van der Waals surface area contributed by atoms with Crippen LogP contribution in [0.5, 0.6) is 0 Å². The third kappa shape index (κ3) is 7.31. The molecule has 104 valence electrons. The highest BCUT2D eigenvalue weighted by atomic mass is 35.5. The maximum atomic E-state index is 5.70. The first-order valence-corrected chi connectivity index (χ1v) is 7.93. The van der Waals surface area contributed by atoms with E-state index in [2.05, 4.69) is 11.9 Å². The molecule has 0 radical (unpaired) electrons. The topological polar surface area (TPSA) is 31.4 Å². The summed E-state index contributed by atoms with van der Waals surface area (Å²) < 4.78 is 10.9. The molecule has 0 N–H and O–H groups in total. The van der Waals surface area contributed by atoms with Crippen molar-refractivity contribution in [2.75, 3.05) is 26.4 Å². The Bertz CT molecular complexity index is 307. The second-order valence-electron chi connectivity index (χ2n) is 4.05. The van der Waals surface area contributed by atoms with Gasteiger partial charge in [-0.25, -0.2) is 4.98 Å². The fraction of sp³-hybridized carbons (Fsp3) is 0.769. The molecular formula is C13H22ClNO2S. The fourth-order valence-electron chi connectivity index (χ4n) is 1.42. The van der Waals surface area contributed by atoms with Gasteiger partial charge in [0.05, 0.1) is 29.8 Å². The van der Waals surface area contributed by atoms with Crippen molar-refractivity contribution in [2.24, 2.45) is 0 Å². The van der Waals surface area contributed by atoms with Crippen molar-refractivity contribution in [1.82, 2.24) is 4.98 Å². The third-order valence-corrected chi connectivity index (χ3v) is 3.66. The molecule has 0 saturated heterocycles. The van der Waals surface area contributed by atoms with Crippen molar-refractivity contribution in [2.45, 2.75) is 38.5 Å². The summed E-state index contributed by atoms with van der Waals surface area (Å²) in [5, 5.41) is 3.17. The van der Waals surface area contributed by atoms with Gasteiger partial charge in [0.1, 0.15) is 0 Å². The van der Waals surface area contributed by atoms with E-state index in [-0.39, 0.29) is 0 Å². The lowest BCUT2D eigenvalue weighted by molar-refractivity contribution is 0.0459.